The predicted octanol–water partition coefficient (Wildman–Crippen LogP) is 1.74. The molecule has 20 heavy (non-hydrogen) atoms. The van der Waals surface area contributed by atoms with Gasteiger partial charge in [0.25, 0.3) is 0 Å². The lowest BCUT2D eigenvalue weighted by Crippen LogP contribution is -2.44. The molecule has 0 heterocycles. The van der Waals surface area contributed by atoms with E-state index in [2.05, 4.69) is 10.6 Å². The summed E-state index contributed by atoms with van der Waals surface area (Å²) in [6, 6.07) is 6.06. The molecule has 2 amide bonds. The van der Waals surface area contributed by atoms with Gasteiger partial charge in [-0.2, -0.15) is 0 Å². The zero-order valence-electron chi connectivity index (χ0n) is 11.6. The van der Waals surface area contributed by atoms with E-state index in [1.807, 2.05) is 37.2 Å². The standard InChI is InChI=1S/C14H19N3O3/c1-17(2)11-6-4-3-5-10(11)15-14(20)16-12(13(18)19)9-7-8-9/h3-6,9,12H,7-8H2,1-2H3,(H,18,19)(H2,15,16,20). The van der Waals surface area contributed by atoms with E-state index in [0.717, 1.165) is 18.5 Å². The lowest BCUT2D eigenvalue weighted by molar-refractivity contribution is -0.139. The first kappa shape index (κ1) is 14.2. The van der Waals surface area contributed by atoms with E-state index >= 15 is 0 Å². The van der Waals surface area contributed by atoms with Crippen molar-refractivity contribution in [3.05, 3.63) is 24.3 Å². The molecule has 1 aliphatic carbocycles. The number of urea groups is 1. The maximum absolute atomic E-state index is 11.9. The molecular weight excluding hydrogens is 258 g/mol. The highest BCUT2D eigenvalue weighted by Crippen LogP contribution is 2.32. The number of amides is 2. The highest BCUT2D eigenvalue weighted by atomic mass is 16.4. The first-order valence-corrected chi connectivity index (χ1v) is 6.55. The number of hydrogen-bond donors (Lipinski definition) is 3. The third kappa shape index (κ3) is 3.40. The Hall–Kier alpha value is -2.24. The molecule has 1 fully saturated rings. The van der Waals surface area contributed by atoms with Crippen molar-refractivity contribution in [3.63, 3.8) is 0 Å². The number of carboxylic acids is 1. The Balaban J connectivity index is 2.02. The first-order chi connectivity index (χ1) is 9.49. The lowest BCUT2D eigenvalue weighted by Gasteiger charge is -2.19. The molecular formula is C14H19N3O3. The molecule has 1 aromatic carbocycles. The SMILES string of the molecule is CN(C)c1ccccc1NC(=O)NC(C(=O)O)C1CC1. The van der Waals surface area contributed by atoms with Crippen LogP contribution in [0.5, 0.6) is 0 Å². The Morgan fingerprint density at radius 3 is 2.50 bits per heavy atom. The molecule has 0 aromatic heterocycles. The van der Waals surface area contributed by atoms with Crippen LogP contribution in [-0.4, -0.2) is 37.2 Å². The second-order valence-corrected chi connectivity index (χ2v) is 5.16. The molecule has 6 heteroatoms. The van der Waals surface area contributed by atoms with Crippen molar-refractivity contribution < 1.29 is 14.7 Å². The molecule has 0 saturated heterocycles. The van der Waals surface area contributed by atoms with Gasteiger partial charge in [-0.3, -0.25) is 0 Å². The van der Waals surface area contributed by atoms with Gasteiger partial charge in [-0.1, -0.05) is 12.1 Å². The van der Waals surface area contributed by atoms with Crippen LogP contribution in [0.15, 0.2) is 24.3 Å². The molecule has 3 N–H and O–H groups in total. The van der Waals surface area contributed by atoms with E-state index in [-0.39, 0.29) is 5.92 Å². The number of para-hydroxylation sites is 2. The van der Waals surface area contributed by atoms with E-state index in [1.165, 1.54) is 0 Å². The van der Waals surface area contributed by atoms with Crippen molar-refractivity contribution >= 4 is 23.4 Å². The molecule has 108 valence electrons. The van der Waals surface area contributed by atoms with Crippen molar-refractivity contribution in [2.75, 3.05) is 24.3 Å². The lowest BCUT2D eigenvalue weighted by atomic mass is 10.2. The molecule has 0 aliphatic heterocycles. The quantitative estimate of drug-likeness (QED) is 0.765. The van der Waals surface area contributed by atoms with E-state index in [4.69, 9.17) is 5.11 Å². The summed E-state index contributed by atoms with van der Waals surface area (Å²) in [7, 11) is 3.76. The Morgan fingerprint density at radius 2 is 1.95 bits per heavy atom. The summed E-state index contributed by atoms with van der Waals surface area (Å²) in [6.45, 7) is 0. The molecule has 1 aromatic rings. The van der Waals surface area contributed by atoms with Gasteiger partial charge in [0, 0.05) is 14.1 Å². The van der Waals surface area contributed by atoms with Gasteiger partial charge in [0.05, 0.1) is 11.4 Å². The number of rotatable bonds is 5. The summed E-state index contributed by atoms with van der Waals surface area (Å²) in [5, 5.41) is 14.3. The fourth-order valence-corrected chi connectivity index (χ4v) is 2.08. The van der Waals surface area contributed by atoms with Crippen LogP contribution in [0.1, 0.15) is 12.8 Å². The molecule has 0 spiro atoms. The monoisotopic (exact) mass is 277 g/mol. The Kier molecular flexibility index (Phi) is 4.12. The number of hydrogen-bond acceptors (Lipinski definition) is 3. The van der Waals surface area contributed by atoms with Crippen molar-refractivity contribution in [2.24, 2.45) is 5.92 Å². The number of aliphatic carboxylic acids is 1. The van der Waals surface area contributed by atoms with Crippen LogP contribution in [-0.2, 0) is 4.79 Å². The topological polar surface area (TPSA) is 81.7 Å². The molecule has 1 saturated carbocycles. The molecule has 0 bridgehead atoms. The van der Waals surface area contributed by atoms with Gasteiger partial charge < -0.3 is 20.6 Å². The fraction of sp³-hybridized carbons (Fsp3) is 0.429. The van der Waals surface area contributed by atoms with Crippen molar-refractivity contribution in [1.82, 2.24) is 5.32 Å². The zero-order chi connectivity index (χ0) is 14.7. The van der Waals surface area contributed by atoms with Gasteiger partial charge >= 0.3 is 12.0 Å². The van der Waals surface area contributed by atoms with E-state index < -0.39 is 18.0 Å². The second-order valence-electron chi connectivity index (χ2n) is 5.16. The summed E-state index contributed by atoms with van der Waals surface area (Å²) in [5.74, 6) is -0.925. The van der Waals surface area contributed by atoms with E-state index in [9.17, 15) is 9.59 Å². The molecule has 0 radical (unpaired) electrons. The molecule has 6 nitrogen and oxygen atoms in total. The van der Waals surface area contributed by atoms with Crippen LogP contribution in [0, 0.1) is 5.92 Å². The minimum atomic E-state index is -0.983. The van der Waals surface area contributed by atoms with Gasteiger partial charge in [-0.05, 0) is 30.9 Å². The smallest absolute Gasteiger partial charge is 0.326 e. The molecule has 1 aliphatic rings. The number of nitrogens with zero attached hydrogens (tertiary/aromatic N) is 1. The Morgan fingerprint density at radius 1 is 1.30 bits per heavy atom. The van der Waals surface area contributed by atoms with Crippen LogP contribution < -0.4 is 15.5 Å². The largest absolute Gasteiger partial charge is 0.480 e. The number of carboxylic acid groups (broad SMARTS) is 1. The van der Waals surface area contributed by atoms with Crippen LogP contribution in [0.2, 0.25) is 0 Å². The number of carbonyl (C=O) groups is 2. The van der Waals surface area contributed by atoms with E-state index in [1.54, 1.807) is 6.07 Å². The maximum atomic E-state index is 11.9. The van der Waals surface area contributed by atoms with Gasteiger partial charge in [0.15, 0.2) is 0 Å². The third-order valence-electron chi connectivity index (χ3n) is 3.28. The highest BCUT2D eigenvalue weighted by Gasteiger charge is 2.37. The molecule has 2 rings (SSSR count). The summed E-state index contributed by atoms with van der Waals surface area (Å²) in [6.07, 6.45) is 1.71. The number of nitrogens with one attached hydrogen (secondary N) is 2. The summed E-state index contributed by atoms with van der Waals surface area (Å²) >= 11 is 0. The minimum Gasteiger partial charge on any atom is -0.480 e. The molecule has 1 atom stereocenters. The second kappa shape index (κ2) is 5.81. The van der Waals surface area contributed by atoms with E-state index in [0.29, 0.717) is 5.69 Å². The van der Waals surface area contributed by atoms with Crippen molar-refractivity contribution in [1.29, 1.82) is 0 Å². The van der Waals surface area contributed by atoms with Gasteiger partial charge in [0.1, 0.15) is 6.04 Å². The van der Waals surface area contributed by atoms with Crippen molar-refractivity contribution in [2.45, 2.75) is 18.9 Å². The number of benzene rings is 1. The van der Waals surface area contributed by atoms with Crippen molar-refractivity contribution in [3.8, 4) is 0 Å². The van der Waals surface area contributed by atoms with Gasteiger partial charge in [-0.15, -0.1) is 0 Å². The Bertz CT molecular complexity index is 512. The van der Waals surface area contributed by atoms with Gasteiger partial charge in [-0.25, -0.2) is 9.59 Å². The number of carbonyl (C=O) groups excluding carboxylic acids is 1. The van der Waals surface area contributed by atoms with Crippen LogP contribution >= 0.6 is 0 Å². The minimum absolute atomic E-state index is 0.0577. The Labute approximate surface area is 117 Å². The maximum Gasteiger partial charge on any atom is 0.326 e. The first-order valence-electron chi connectivity index (χ1n) is 6.55. The summed E-state index contributed by atoms with van der Waals surface area (Å²) < 4.78 is 0. The zero-order valence-corrected chi connectivity index (χ0v) is 11.6. The fourth-order valence-electron chi connectivity index (χ4n) is 2.08. The highest BCUT2D eigenvalue weighted by molar-refractivity contribution is 5.95. The average molecular weight is 277 g/mol. The summed E-state index contributed by atoms with van der Waals surface area (Å²) in [5.41, 5.74) is 1.51. The summed E-state index contributed by atoms with van der Waals surface area (Å²) in [4.78, 5) is 24.9. The molecule has 1 unspecified atom stereocenters. The predicted molar refractivity (Wildman–Crippen MR) is 77.1 cm³/mol. The number of anilines is 2. The normalized spacial score (nSPS) is 15.3. The average Bonchev–Trinajstić information content (AvgIpc) is 3.20. The van der Waals surface area contributed by atoms with Crippen LogP contribution in [0.4, 0.5) is 16.2 Å². The third-order valence-corrected chi connectivity index (χ3v) is 3.28. The van der Waals surface area contributed by atoms with Crippen LogP contribution in [0.3, 0.4) is 0 Å². The van der Waals surface area contributed by atoms with Crippen LogP contribution in [0.25, 0.3) is 0 Å². The van der Waals surface area contributed by atoms with Gasteiger partial charge in [0.2, 0.25) is 0 Å².